The lowest BCUT2D eigenvalue weighted by atomic mass is 10.2. The molecule has 1 aliphatic rings. The maximum atomic E-state index is 12.5. The molecule has 1 amide bonds. The van der Waals surface area contributed by atoms with Crippen LogP contribution < -0.4 is 4.74 Å². The van der Waals surface area contributed by atoms with Gasteiger partial charge in [-0.25, -0.2) is 0 Å². The number of carbonyl (C=O) groups excluding carboxylic acids is 2. The normalized spacial score (nSPS) is 16.2. The third kappa shape index (κ3) is 4.58. The van der Waals surface area contributed by atoms with Crippen LogP contribution in [0, 0.1) is 5.92 Å². The Labute approximate surface area is 151 Å². The fourth-order valence-corrected chi connectivity index (χ4v) is 3.24. The van der Waals surface area contributed by atoms with Gasteiger partial charge in [0.15, 0.2) is 0 Å². The number of hydrogen-bond donors (Lipinski definition) is 0. The van der Waals surface area contributed by atoms with Crippen molar-refractivity contribution in [2.75, 3.05) is 20.3 Å². The van der Waals surface area contributed by atoms with Crippen LogP contribution in [0.1, 0.15) is 19.4 Å². The molecule has 1 aromatic carbocycles. The third-order valence-corrected chi connectivity index (χ3v) is 4.54. The Morgan fingerprint density at radius 2 is 2.08 bits per heavy atom. The molecule has 0 aromatic heterocycles. The van der Waals surface area contributed by atoms with Crippen LogP contribution in [-0.4, -0.2) is 41.4 Å². The zero-order valence-electron chi connectivity index (χ0n) is 13.8. The molecule has 0 bridgehead atoms. The van der Waals surface area contributed by atoms with Gasteiger partial charge in [-0.2, -0.15) is 0 Å². The van der Waals surface area contributed by atoms with Crippen molar-refractivity contribution in [1.82, 2.24) is 4.90 Å². The van der Waals surface area contributed by atoms with Gasteiger partial charge in [0.05, 0.1) is 18.6 Å². The summed E-state index contributed by atoms with van der Waals surface area (Å²) in [5.41, 5.74) is 0.780. The molecule has 24 heavy (non-hydrogen) atoms. The quantitative estimate of drug-likeness (QED) is 0.439. The molecule has 1 fully saturated rings. The fraction of sp³-hybridized carbons (Fsp3) is 0.353. The van der Waals surface area contributed by atoms with Crippen molar-refractivity contribution >= 4 is 46.3 Å². The summed E-state index contributed by atoms with van der Waals surface area (Å²) in [5.74, 6) is 0.153. The number of rotatable bonds is 6. The smallest absolute Gasteiger partial charge is 0.326 e. The van der Waals surface area contributed by atoms with E-state index in [0.717, 1.165) is 5.56 Å². The van der Waals surface area contributed by atoms with Crippen LogP contribution in [0.15, 0.2) is 29.2 Å². The molecule has 0 unspecified atom stereocenters. The molecule has 0 radical (unpaired) electrons. The molecule has 1 aliphatic heterocycles. The predicted molar refractivity (Wildman–Crippen MR) is 98.7 cm³/mol. The second-order valence-corrected chi connectivity index (χ2v) is 7.26. The molecule has 0 atom stereocenters. The molecule has 1 saturated heterocycles. The highest BCUT2D eigenvalue weighted by Gasteiger charge is 2.34. The SMILES string of the molecule is COc1ccccc1/C=C1\SC(=S)N(CC(=O)OCC(C)C)C1=O. The van der Waals surface area contributed by atoms with Crippen molar-refractivity contribution in [1.29, 1.82) is 0 Å². The zero-order valence-corrected chi connectivity index (χ0v) is 15.4. The van der Waals surface area contributed by atoms with Crippen LogP contribution in [0.3, 0.4) is 0 Å². The van der Waals surface area contributed by atoms with Crippen molar-refractivity contribution < 1.29 is 19.1 Å². The first-order valence-corrected chi connectivity index (χ1v) is 8.69. The van der Waals surface area contributed by atoms with E-state index in [9.17, 15) is 9.59 Å². The topological polar surface area (TPSA) is 55.8 Å². The Bertz CT molecular complexity index is 685. The van der Waals surface area contributed by atoms with E-state index in [1.807, 2.05) is 38.1 Å². The van der Waals surface area contributed by atoms with Gasteiger partial charge in [-0.1, -0.05) is 56.0 Å². The first-order valence-electron chi connectivity index (χ1n) is 7.46. The van der Waals surface area contributed by atoms with Gasteiger partial charge in [0.25, 0.3) is 5.91 Å². The monoisotopic (exact) mass is 365 g/mol. The third-order valence-electron chi connectivity index (χ3n) is 3.16. The lowest BCUT2D eigenvalue weighted by molar-refractivity contribution is -0.147. The molecule has 2 rings (SSSR count). The summed E-state index contributed by atoms with van der Waals surface area (Å²) >= 11 is 6.38. The van der Waals surface area contributed by atoms with Crippen molar-refractivity contribution in [3.63, 3.8) is 0 Å². The molecule has 1 heterocycles. The van der Waals surface area contributed by atoms with Crippen molar-refractivity contribution in [3.05, 3.63) is 34.7 Å². The number of ether oxygens (including phenoxy) is 2. The number of hydrogen-bond acceptors (Lipinski definition) is 6. The van der Waals surface area contributed by atoms with Gasteiger partial charge in [-0.05, 0) is 18.1 Å². The first-order chi connectivity index (χ1) is 11.4. The maximum absolute atomic E-state index is 12.5. The summed E-state index contributed by atoms with van der Waals surface area (Å²) in [6.45, 7) is 4.05. The highest BCUT2D eigenvalue weighted by Crippen LogP contribution is 2.34. The molecule has 0 N–H and O–H groups in total. The summed E-state index contributed by atoms with van der Waals surface area (Å²) in [5, 5.41) is 0. The zero-order chi connectivity index (χ0) is 17.7. The second kappa shape index (κ2) is 8.30. The molecule has 0 saturated carbocycles. The van der Waals surface area contributed by atoms with Gasteiger partial charge >= 0.3 is 5.97 Å². The van der Waals surface area contributed by atoms with E-state index in [2.05, 4.69) is 0 Å². The highest BCUT2D eigenvalue weighted by molar-refractivity contribution is 8.26. The lowest BCUT2D eigenvalue weighted by Crippen LogP contribution is -2.34. The molecule has 0 spiro atoms. The average molecular weight is 365 g/mol. The number of methoxy groups -OCH3 is 1. The summed E-state index contributed by atoms with van der Waals surface area (Å²) in [7, 11) is 1.57. The number of esters is 1. The molecular formula is C17H19NO4S2. The van der Waals surface area contributed by atoms with E-state index in [4.69, 9.17) is 21.7 Å². The van der Waals surface area contributed by atoms with Crippen LogP contribution in [0.2, 0.25) is 0 Å². The Balaban J connectivity index is 2.11. The Morgan fingerprint density at radius 3 is 2.75 bits per heavy atom. The average Bonchev–Trinajstić information content (AvgIpc) is 2.81. The van der Waals surface area contributed by atoms with Crippen LogP contribution in [0.5, 0.6) is 5.75 Å². The second-order valence-electron chi connectivity index (χ2n) is 5.59. The van der Waals surface area contributed by atoms with Gasteiger partial charge in [-0.15, -0.1) is 0 Å². The van der Waals surface area contributed by atoms with Gasteiger partial charge in [0.1, 0.15) is 16.6 Å². The van der Waals surface area contributed by atoms with Crippen molar-refractivity contribution in [3.8, 4) is 5.75 Å². The van der Waals surface area contributed by atoms with Crippen LogP contribution in [0.25, 0.3) is 6.08 Å². The van der Waals surface area contributed by atoms with E-state index in [1.165, 1.54) is 16.7 Å². The Hall–Kier alpha value is -1.86. The van der Waals surface area contributed by atoms with Crippen molar-refractivity contribution in [2.45, 2.75) is 13.8 Å². The molecular weight excluding hydrogens is 346 g/mol. The predicted octanol–water partition coefficient (Wildman–Crippen LogP) is 3.10. The fourth-order valence-electron chi connectivity index (χ4n) is 2.00. The van der Waals surface area contributed by atoms with E-state index in [-0.39, 0.29) is 18.4 Å². The van der Waals surface area contributed by atoms with E-state index < -0.39 is 5.97 Å². The number of amides is 1. The summed E-state index contributed by atoms with van der Waals surface area (Å²) in [4.78, 5) is 26.1. The van der Waals surface area contributed by atoms with E-state index >= 15 is 0 Å². The number of carbonyl (C=O) groups is 2. The highest BCUT2D eigenvalue weighted by atomic mass is 32.2. The van der Waals surface area contributed by atoms with Gasteiger partial charge in [0.2, 0.25) is 0 Å². The lowest BCUT2D eigenvalue weighted by Gasteiger charge is -2.14. The summed E-state index contributed by atoms with van der Waals surface area (Å²) in [6, 6.07) is 7.38. The minimum atomic E-state index is -0.460. The minimum absolute atomic E-state index is 0.166. The first kappa shape index (κ1) is 18.5. The van der Waals surface area contributed by atoms with Gasteiger partial charge < -0.3 is 9.47 Å². The number of benzene rings is 1. The Morgan fingerprint density at radius 1 is 1.38 bits per heavy atom. The molecule has 5 nitrogen and oxygen atoms in total. The van der Waals surface area contributed by atoms with Gasteiger partial charge in [-0.3, -0.25) is 14.5 Å². The number of nitrogens with zero attached hydrogens (tertiary/aromatic N) is 1. The van der Waals surface area contributed by atoms with E-state index in [0.29, 0.717) is 21.6 Å². The molecule has 7 heteroatoms. The number of para-hydroxylation sites is 1. The molecule has 0 aliphatic carbocycles. The van der Waals surface area contributed by atoms with Crippen LogP contribution in [0.4, 0.5) is 0 Å². The summed E-state index contributed by atoms with van der Waals surface area (Å²) < 4.78 is 10.7. The van der Waals surface area contributed by atoms with Crippen LogP contribution >= 0.6 is 24.0 Å². The van der Waals surface area contributed by atoms with Crippen LogP contribution in [-0.2, 0) is 14.3 Å². The van der Waals surface area contributed by atoms with Crippen molar-refractivity contribution in [2.24, 2.45) is 5.92 Å². The molecule has 128 valence electrons. The number of thioether (sulfide) groups is 1. The largest absolute Gasteiger partial charge is 0.496 e. The molecule has 1 aromatic rings. The maximum Gasteiger partial charge on any atom is 0.326 e. The van der Waals surface area contributed by atoms with E-state index in [1.54, 1.807) is 13.2 Å². The minimum Gasteiger partial charge on any atom is -0.496 e. The summed E-state index contributed by atoms with van der Waals surface area (Å²) in [6.07, 6.45) is 1.72. The Kier molecular flexibility index (Phi) is 6.39. The standard InChI is InChI=1S/C17H19NO4S2/c1-11(2)10-22-15(19)9-18-16(20)14(24-17(18)23)8-12-6-4-5-7-13(12)21-3/h4-8,11H,9-10H2,1-3H3/b14-8-. The number of thiocarbonyl (C=S) groups is 1. The van der Waals surface area contributed by atoms with Gasteiger partial charge in [0, 0.05) is 5.56 Å².